The van der Waals surface area contributed by atoms with Crippen LogP contribution in [0.25, 0.3) is 21.8 Å². The molecule has 1 amide bonds. The molecule has 5 rings (SSSR count). The van der Waals surface area contributed by atoms with Crippen molar-refractivity contribution in [2.24, 2.45) is 0 Å². The Balaban J connectivity index is 1.20. The Morgan fingerprint density at radius 2 is 1.70 bits per heavy atom. The highest BCUT2D eigenvalue weighted by molar-refractivity contribution is 7.17. The van der Waals surface area contributed by atoms with Crippen molar-refractivity contribution in [2.45, 2.75) is 13.0 Å². The second-order valence-corrected chi connectivity index (χ2v) is 9.08. The van der Waals surface area contributed by atoms with Gasteiger partial charge in [0.25, 0.3) is 5.91 Å². The van der Waals surface area contributed by atoms with E-state index in [1.807, 2.05) is 54.3 Å². The van der Waals surface area contributed by atoms with E-state index in [-0.39, 0.29) is 17.8 Å². The highest BCUT2D eigenvalue weighted by Crippen LogP contribution is 2.30. The second kappa shape index (κ2) is 9.25. The molecule has 3 heterocycles. The number of aromatic nitrogens is 2. The first-order valence-electron chi connectivity index (χ1n) is 10.9. The molecule has 0 N–H and O–H groups in total. The molecular formula is C25H23FN4O2S. The topological polar surface area (TPSA) is 62.5 Å². The molecular weight excluding hydrogens is 439 g/mol. The van der Waals surface area contributed by atoms with E-state index in [1.165, 1.54) is 23.5 Å². The number of nitrogens with zero attached hydrogens (tertiary/aromatic N) is 4. The van der Waals surface area contributed by atoms with Crippen molar-refractivity contribution >= 4 is 17.2 Å². The quantitative estimate of drug-likeness (QED) is 0.412. The lowest BCUT2D eigenvalue weighted by molar-refractivity contribution is 0.0556. The number of halogens is 1. The van der Waals surface area contributed by atoms with Crippen LogP contribution in [-0.4, -0.2) is 52.0 Å². The van der Waals surface area contributed by atoms with E-state index in [4.69, 9.17) is 4.52 Å². The minimum Gasteiger partial charge on any atom is -0.337 e. The molecule has 4 aromatic rings. The van der Waals surface area contributed by atoms with E-state index >= 15 is 0 Å². The Bertz CT molecular complexity index is 1230. The number of benzene rings is 2. The predicted octanol–water partition coefficient (Wildman–Crippen LogP) is 5.12. The van der Waals surface area contributed by atoms with Crippen molar-refractivity contribution < 1.29 is 13.7 Å². The van der Waals surface area contributed by atoms with Crippen molar-refractivity contribution in [3.05, 3.63) is 83.3 Å². The average Bonchev–Trinajstić information content (AvgIpc) is 3.55. The fourth-order valence-electron chi connectivity index (χ4n) is 3.96. The lowest BCUT2D eigenvalue weighted by atomic mass is 10.2. The van der Waals surface area contributed by atoms with Crippen LogP contribution in [0.5, 0.6) is 0 Å². The van der Waals surface area contributed by atoms with Crippen molar-refractivity contribution in [1.82, 2.24) is 19.9 Å². The minimum absolute atomic E-state index is 0.0287. The Morgan fingerprint density at radius 3 is 2.42 bits per heavy atom. The van der Waals surface area contributed by atoms with Crippen molar-refractivity contribution in [3.8, 4) is 21.8 Å². The van der Waals surface area contributed by atoms with Gasteiger partial charge in [0.05, 0.1) is 10.9 Å². The van der Waals surface area contributed by atoms with Gasteiger partial charge < -0.3 is 9.42 Å². The summed E-state index contributed by atoms with van der Waals surface area (Å²) < 4.78 is 18.7. The predicted molar refractivity (Wildman–Crippen MR) is 125 cm³/mol. The number of thiophene rings is 1. The number of carbonyl (C=O) groups excluding carboxylic acids is 1. The molecule has 1 aliphatic heterocycles. The zero-order chi connectivity index (χ0) is 22.8. The molecule has 0 saturated carbocycles. The molecule has 0 bridgehead atoms. The highest BCUT2D eigenvalue weighted by Gasteiger charge is 2.28. The molecule has 1 aliphatic rings. The summed E-state index contributed by atoms with van der Waals surface area (Å²) in [5, 5.41) is 4.12. The number of piperazine rings is 1. The van der Waals surface area contributed by atoms with Crippen LogP contribution in [0, 0.1) is 5.82 Å². The van der Waals surface area contributed by atoms with Crippen LogP contribution in [0.15, 0.2) is 71.3 Å². The molecule has 0 spiro atoms. The van der Waals surface area contributed by atoms with Gasteiger partial charge in [0.1, 0.15) is 5.82 Å². The van der Waals surface area contributed by atoms with Gasteiger partial charge in [-0.1, -0.05) is 47.6 Å². The van der Waals surface area contributed by atoms with Gasteiger partial charge in [-0.05, 0) is 36.8 Å². The molecule has 1 saturated heterocycles. The van der Waals surface area contributed by atoms with Gasteiger partial charge in [0, 0.05) is 36.6 Å². The maximum absolute atomic E-state index is 13.2. The van der Waals surface area contributed by atoms with Crippen LogP contribution in [-0.2, 0) is 0 Å². The first kappa shape index (κ1) is 21.5. The van der Waals surface area contributed by atoms with Crippen LogP contribution in [0.1, 0.15) is 28.5 Å². The average molecular weight is 463 g/mol. The SMILES string of the molecule is CC(c1nc(-c2ccccc2)no1)N1CCN(C(=O)c2ccc(-c3ccc(F)cc3)s2)CC1. The van der Waals surface area contributed by atoms with E-state index in [9.17, 15) is 9.18 Å². The minimum atomic E-state index is -0.268. The van der Waals surface area contributed by atoms with Crippen molar-refractivity contribution in [3.63, 3.8) is 0 Å². The molecule has 33 heavy (non-hydrogen) atoms. The smallest absolute Gasteiger partial charge is 0.264 e. The summed E-state index contributed by atoms with van der Waals surface area (Å²) in [7, 11) is 0. The second-order valence-electron chi connectivity index (χ2n) is 8.00. The molecule has 0 radical (unpaired) electrons. The number of carbonyl (C=O) groups is 1. The highest BCUT2D eigenvalue weighted by atomic mass is 32.1. The lowest BCUT2D eigenvalue weighted by Crippen LogP contribution is -2.49. The third-order valence-corrected chi connectivity index (χ3v) is 7.05. The Hall–Kier alpha value is -3.36. The fraction of sp³-hybridized carbons (Fsp3) is 0.240. The molecule has 2 aromatic heterocycles. The maximum Gasteiger partial charge on any atom is 0.264 e. The molecule has 168 valence electrons. The summed E-state index contributed by atoms with van der Waals surface area (Å²) >= 11 is 1.44. The van der Waals surface area contributed by atoms with Gasteiger partial charge in [0.15, 0.2) is 0 Å². The number of amides is 1. The fourth-order valence-corrected chi connectivity index (χ4v) is 4.94. The normalized spacial score (nSPS) is 15.5. The summed E-state index contributed by atoms with van der Waals surface area (Å²) in [5.74, 6) is 0.928. The molecule has 8 heteroatoms. The Morgan fingerprint density at radius 1 is 0.970 bits per heavy atom. The standard InChI is InChI=1S/C25H23FN4O2S/c1-17(24-27-23(28-32-24)19-5-3-2-4-6-19)29-13-15-30(16-14-29)25(31)22-12-11-21(33-22)18-7-9-20(26)10-8-18/h2-12,17H,13-16H2,1H3. The summed E-state index contributed by atoms with van der Waals surface area (Å²) in [5.41, 5.74) is 1.83. The first-order valence-corrected chi connectivity index (χ1v) is 11.7. The van der Waals surface area contributed by atoms with Gasteiger partial charge in [-0.15, -0.1) is 11.3 Å². The van der Waals surface area contributed by atoms with E-state index in [1.54, 1.807) is 12.1 Å². The summed E-state index contributed by atoms with van der Waals surface area (Å²) in [6.07, 6.45) is 0. The Kier molecular flexibility index (Phi) is 6.02. The first-order chi connectivity index (χ1) is 16.1. The van der Waals surface area contributed by atoms with Gasteiger partial charge in [-0.2, -0.15) is 4.98 Å². The summed E-state index contributed by atoms with van der Waals surface area (Å²) in [4.78, 5) is 23.4. The van der Waals surface area contributed by atoms with Crippen LogP contribution in [0.4, 0.5) is 4.39 Å². The van der Waals surface area contributed by atoms with Gasteiger partial charge in [0.2, 0.25) is 11.7 Å². The number of rotatable bonds is 5. The summed E-state index contributed by atoms with van der Waals surface area (Å²) in [6.45, 7) is 4.77. The van der Waals surface area contributed by atoms with Crippen LogP contribution in [0.2, 0.25) is 0 Å². The molecule has 6 nitrogen and oxygen atoms in total. The number of hydrogen-bond acceptors (Lipinski definition) is 6. The van der Waals surface area contributed by atoms with Gasteiger partial charge in [-0.3, -0.25) is 9.69 Å². The van der Waals surface area contributed by atoms with Gasteiger partial charge >= 0.3 is 0 Å². The van der Waals surface area contributed by atoms with E-state index in [0.717, 1.165) is 29.1 Å². The molecule has 0 aliphatic carbocycles. The molecule has 1 fully saturated rings. The number of hydrogen-bond donors (Lipinski definition) is 0. The van der Waals surface area contributed by atoms with Crippen molar-refractivity contribution in [1.29, 1.82) is 0 Å². The lowest BCUT2D eigenvalue weighted by Gasteiger charge is -2.36. The van der Waals surface area contributed by atoms with Gasteiger partial charge in [-0.25, -0.2) is 4.39 Å². The maximum atomic E-state index is 13.2. The monoisotopic (exact) mass is 462 g/mol. The zero-order valence-electron chi connectivity index (χ0n) is 18.1. The molecule has 1 atom stereocenters. The van der Waals surface area contributed by atoms with E-state index in [2.05, 4.69) is 15.0 Å². The largest absolute Gasteiger partial charge is 0.337 e. The van der Waals surface area contributed by atoms with Crippen molar-refractivity contribution in [2.75, 3.05) is 26.2 Å². The molecule has 2 aromatic carbocycles. The third kappa shape index (κ3) is 4.58. The van der Waals surface area contributed by atoms with Crippen LogP contribution >= 0.6 is 11.3 Å². The Labute approximate surface area is 195 Å². The van der Waals surface area contributed by atoms with E-state index in [0.29, 0.717) is 29.7 Å². The third-order valence-electron chi connectivity index (χ3n) is 5.93. The summed E-state index contributed by atoms with van der Waals surface area (Å²) in [6, 6.07) is 19.8. The molecule has 1 unspecified atom stereocenters. The van der Waals surface area contributed by atoms with E-state index < -0.39 is 0 Å². The van der Waals surface area contributed by atoms with Crippen LogP contribution < -0.4 is 0 Å². The van der Waals surface area contributed by atoms with Crippen LogP contribution in [0.3, 0.4) is 0 Å². The zero-order valence-corrected chi connectivity index (χ0v) is 19.0.